The summed E-state index contributed by atoms with van der Waals surface area (Å²) >= 11 is 0. The van der Waals surface area contributed by atoms with E-state index in [1.54, 1.807) is 7.11 Å². The first-order chi connectivity index (χ1) is 8.79. The Kier molecular flexibility index (Phi) is 2.70. The normalized spacial score (nSPS) is 15.4. The van der Waals surface area contributed by atoms with Crippen molar-refractivity contribution in [3.63, 3.8) is 0 Å². The Bertz CT molecular complexity index is 541. The lowest BCUT2D eigenvalue weighted by Crippen LogP contribution is -2.10. The van der Waals surface area contributed by atoms with E-state index in [4.69, 9.17) is 15.0 Å². The highest BCUT2D eigenvalue weighted by Crippen LogP contribution is 2.42. The number of hydrogen-bond donors (Lipinski definition) is 1. The molecule has 1 heterocycles. The van der Waals surface area contributed by atoms with Crippen molar-refractivity contribution in [2.45, 2.75) is 25.2 Å². The molecule has 4 nitrogen and oxygen atoms in total. The van der Waals surface area contributed by atoms with E-state index in [2.05, 4.69) is 5.16 Å². The van der Waals surface area contributed by atoms with E-state index in [-0.39, 0.29) is 0 Å². The largest absolute Gasteiger partial charge is 0.497 e. The highest BCUT2D eigenvalue weighted by Gasteiger charge is 2.28. The van der Waals surface area contributed by atoms with Crippen molar-refractivity contribution >= 4 is 5.88 Å². The summed E-state index contributed by atoms with van der Waals surface area (Å²) in [6.07, 6.45) is 3.61. The highest BCUT2D eigenvalue weighted by molar-refractivity contribution is 5.76. The molecular formula is C14H16N2O2. The Morgan fingerprint density at radius 2 is 2.00 bits per heavy atom. The topological polar surface area (TPSA) is 61.3 Å². The van der Waals surface area contributed by atoms with E-state index in [9.17, 15) is 0 Å². The number of anilines is 1. The van der Waals surface area contributed by atoms with Crippen LogP contribution < -0.4 is 10.5 Å². The summed E-state index contributed by atoms with van der Waals surface area (Å²) in [6, 6.07) is 7.83. The van der Waals surface area contributed by atoms with Gasteiger partial charge >= 0.3 is 0 Å². The molecule has 94 valence electrons. The SMILES string of the molecule is COc1ccc(-c2c(C3CCC3)noc2N)cc1. The maximum atomic E-state index is 5.90. The maximum absolute atomic E-state index is 5.90. The summed E-state index contributed by atoms with van der Waals surface area (Å²) in [6.45, 7) is 0. The third-order valence-electron chi connectivity index (χ3n) is 3.62. The number of methoxy groups -OCH3 is 1. The molecule has 0 amide bonds. The first-order valence-corrected chi connectivity index (χ1v) is 6.19. The summed E-state index contributed by atoms with van der Waals surface area (Å²) in [7, 11) is 1.66. The molecule has 1 aliphatic carbocycles. The average Bonchev–Trinajstić information content (AvgIpc) is 2.69. The zero-order valence-electron chi connectivity index (χ0n) is 10.3. The second-order valence-corrected chi connectivity index (χ2v) is 4.66. The van der Waals surface area contributed by atoms with Crippen molar-refractivity contribution in [2.24, 2.45) is 0 Å². The summed E-state index contributed by atoms with van der Waals surface area (Å²) in [5, 5.41) is 4.13. The standard InChI is InChI=1S/C14H16N2O2/c1-17-11-7-5-9(6-8-11)12-13(10-3-2-4-10)16-18-14(12)15/h5-8,10H,2-4,15H2,1H3. The quantitative estimate of drug-likeness (QED) is 0.900. The molecule has 0 spiro atoms. The smallest absolute Gasteiger partial charge is 0.230 e. The molecule has 1 aliphatic rings. The number of nitrogens with two attached hydrogens (primary N) is 1. The van der Waals surface area contributed by atoms with Gasteiger partial charge in [0.05, 0.1) is 18.4 Å². The minimum absolute atomic E-state index is 0.405. The fourth-order valence-electron chi connectivity index (χ4n) is 2.32. The third-order valence-corrected chi connectivity index (χ3v) is 3.62. The molecule has 1 fully saturated rings. The van der Waals surface area contributed by atoms with Crippen LogP contribution in [0.4, 0.5) is 5.88 Å². The number of nitrogens with zero attached hydrogens (tertiary/aromatic N) is 1. The monoisotopic (exact) mass is 244 g/mol. The van der Waals surface area contributed by atoms with E-state index >= 15 is 0 Å². The van der Waals surface area contributed by atoms with Crippen LogP contribution in [0.25, 0.3) is 11.1 Å². The lowest BCUT2D eigenvalue weighted by Gasteiger charge is -2.23. The summed E-state index contributed by atoms with van der Waals surface area (Å²) in [5.41, 5.74) is 8.89. The maximum Gasteiger partial charge on any atom is 0.230 e. The molecule has 2 aromatic rings. The van der Waals surface area contributed by atoms with Crippen molar-refractivity contribution in [1.82, 2.24) is 5.16 Å². The fourth-order valence-corrected chi connectivity index (χ4v) is 2.32. The van der Waals surface area contributed by atoms with Crippen molar-refractivity contribution in [3.05, 3.63) is 30.0 Å². The Morgan fingerprint density at radius 1 is 1.28 bits per heavy atom. The predicted molar refractivity (Wildman–Crippen MR) is 69.5 cm³/mol. The molecule has 3 rings (SSSR count). The first kappa shape index (κ1) is 11.1. The van der Waals surface area contributed by atoms with Gasteiger partial charge < -0.3 is 15.0 Å². The van der Waals surface area contributed by atoms with Crippen molar-refractivity contribution < 1.29 is 9.26 Å². The van der Waals surface area contributed by atoms with E-state index < -0.39 is 0 Å². The molecule has 2 N–H and O–H groups in total. The van der Waals surface area contributed by atoms with Gasteiger partial charge in [-0.05, 0) is 30.5 Å². The van der Waals surface area contributed by atoms with E-state index in [1.807, 2.05) is 24.3 Å². The number of rotatable bonds is 3. The van der Waals surface area contributed by atoms with Gasteiger partial charge in [-0.3, -0.25) is 0 Å². The molecule has 1 aromatic heterocycles. The zero-order valence-corrected chi connectivity index (χ0v) is 10.3. The van der Waals surface area contributed by atoms with Crippen LogP contribution in [-0.2, 0) is 0 Å². The van der Waals surface area contributed by atoms with Gasteiger partial charge in [0.15, 0.2) is 0 Å². The van der Waals surface area contributed by atoms with Crippen LogP contribution in [0.15, 0.2) is 28.8 Å². The number of ether oxygens (including phenoxy) is 1. The molecule has 0 unspecified atom stereocenters. The number of hydrogen-bond acceptors (Lipinski definition) is 4. The van der Waals surface area contributed by atoms with Gasteiger partial charge in [0.1, 0.15) is 5.75 Å². The molecular weight excluding hydrogens is 228 g/mol. The summed E-state index contributed by atoms with van der Waals surface area (Å²) in [5.74, 6) is 1.74. The van der Waals surface area contributed by atoms with Gasteiger partial charge in [0.25, 0.3) is 0 Å². The van der Waals surface area contributed by atoms with Crippen LogP contribution >= 0.6 is 0 Å². The Morgan fingerprint density at radius 3 is 2.56 bits per heavy atom. The van der Waals surface area contributed by atoms with Gasteiger partial charge in [-0.1, -0.05) is 23.7 Å². The first-order valence-electron chi connectivity index (χ1n) is 6.19. The molecule has 1 aromatic carbocycles. The molecule has 0 radical (unpaired) electrons. The van der Waals surface area contributed by atoms with Crippen LogP contribution in [0.5, 0.6) is 5.75 Å². The van der Waals surface area contributed by atoms with Crippen molar-refractivity contribution in [3.8, 4) is 16.9 Å². The van der Waals surface area contributed by atoms with Crippen molar-refractivity contribution in [1.29, 1.82) is 0 Å². The van der Waals surface area contributed by atoms with Gasteiger partial charge in [-0.25, -0.2) is 0 Å². The second kappa shape index (κ2) is 4.37. The van der Waals surface area contributed by atoms with Crippen LogP contribution in [-0.4, -0.2) is 12.3 Å². The fraction of sp³-hybridized carbons (Fsp3) is 0.357. The lowest BCUT2D eigenvalue weighted by molar-refractivity contribution is 0.369. The third kappa shape index (κ3) is 1.74. The minimum Gasteiger partial charge on any atom is -0.497 e. The molecule has 1 saturated carbocycles. The van der Waals surface area contributed by atoms with Gasteiger partial charge in [0.2, 0.25) is 5.88 Å². The van der Waals surface area contributed by atoms with Crippen LogP contribution in [0.2, 0.25) is 0 Å². The summed E-state index contributed by atoms with van der Waals surface area (Å²) in [4.78, 5) is 0. The molecule has 0 saturated heterocycles. The van der Waals surface area contributed by atoms with E-state index in [1.165, 1.54) is 19.3 Å². The van der Waals surface area contributed by atoms with Gasteiger partial charge in [-0.2, -0.15) is 0 Å². The van der Waals surface area contributed by atoms with Crippen LogP contribution in [0.1, 0.15) is 30.9 Å². The van der Waals surface area contributed by atoms with E-state index in [0.29, 0.717) is 11.8 Å². The highest BCUT2D eigenvalue weighted by atomic mass is 16.5. The lowest BCUT2D eigenvalue weighted by atomic mass is 9.80. The average molecular weight is 244 g/mol. The van der Waals surface area contributed by atoms with Gasteiger partial charge in [-0.15, -0.1) is 0 Å². The summed E-state index contributed by atoms with van der Waals surface area (Å²) < 4.78 is 10.3. The minimum atomic E-state index is 0.405. The Balaban J connectivity index is 2.01. The van der Waals surface area contributed by atoms with Gasteiger partial charge in [0, 0.05) is 5.92 Å². The van der Waals surface area contributed by atoms with Crippen LogP contribution in [0.3, 0.4) is 0 Å². The molecule has 0 bridgehead atoms. The zero-order chi connectivity index (χ0) is 12.5. The Labute approximate surface area is 106 Å². The molecule has 4 heteroatoms. The predicted octanol–water partition coefficient (Wildman–Crippen LogP) is 3.20. The number of benzene rings is 1. The van der Waals surface area contributed by atoms with Crippen molar-refractivity contribution in [2.75, 3.05) is 12.8 Å². The van der Waals surface area contributed by atoms with E-state index in [0.717, 1.165) is 22.6 Å². The van der Waals surface area contributed by atoms with Crippen LogP contribution in [0, 0.1) is 0 Å². The molecule has 18 heavy (non-hydrogen) atoms. The second-order valence-electron chi connectivity index (χ2n) is 4.66. The number of nitrogen functional groups attached to an aromatic ring is 1. The molecule has 0 atom stereocenters. The Hall–Kier alpha value is -1.97. The molecule has 0 aliphatic heterocycles. The number of aromatic nitrogens is 1.